The fraction of sp³-hybridized carbons (Fsp3) is 0.364. The molecule has 0 aliphatic carbocycles. The molecule has 1 heterocycles. The lowest BCUT2D eigenvalue weighted by atomic mass is 10.3. The molecule has 0 radical (unpaired) electrons. The molecule has 0 atom stereocenters. The van der Waals surface area contributed by atoms with Crippen LogP contribution in [0.5, 0.6) is 0 Å². The first kappa shape index (κ1) is 11.0. The minimum absolute atomic E-state index is 0.778. The lowest BCUT2D eigenvalue weighted by Crippen LogP contribution is -2.23. The first-order chi connectivity index (χ1) is 6.67. The number of hydrogen-bond acceptors (Lipinski definition) is 3. The molecule has 0 N–H and O–H groups in total. The number of thiophene rings is 1. The van der Waals surface area contributed by atoms with Crippen LogP contribution in [0.15, 0.2) is 24.3 Å². The zero-order valence-corrected chi connectivity index (χ0v) is 9.43. The predicted molar refractivity (Wildman–Crippen MR) is 62.4 cm³/mol. The Balaban J connectivity index is 2.77. The molecule has 0 aliphatic rings. The maximum absolute atomic E-state index is 10.5. The molecular weight excluding hydrogens is 194 g/mol. The van der Waals surface area contributed by atoms with Crippen LogP contribution in [0.4, 0.5) is 5.00 Å². The van der Waals surface area contributed by atoms with E-state index in [4.69, 9.17) is 0 Å². The van der Waals surface area contributed by atoms with E-state index in [1.54, 1.807) is 0 Å². The molecule has 3 heteroatoms. The summed E-state index contributed by atoms with van der Waals surface area (Å²) in [5, 5.41) is 1.14. The van der Waals surface area contributed by atoms with Crippen molar-refractivity contribution in [3.8, 4) is 0 Å². The minimum atomic E-state index is 0.778. The molecule has 0 bridgehead atoms. The third-order valence-electron chi connectivity index (χ3n) is 1.88. The quantitative estimate of drug-likeness (QED) is 0.549. The van der Waals surface area contributed by atoms with Crippen LogP contribution in [-0.2, 0) is 0 Å². The van der Waals surface area contributed by atoms with E-state index in [0.717, 1.165) is 34.8 Å². The molecule has 0 fully saturated rings. The van der Waals surface area contributed by atoms with Gasteiger partial charge in [-0.3, -0.25) is 4.79 Å². The second-order valence-corrected chi connectivity index (χ2v) is 4.36. The van der Waals surface area contributed by atoms with Crippen LogP contribution >= 0.6 is 11.3 Å². The Morgan fingerprint density at radius 3 is 2.79 bits per heavy atom. The summed E-state index contributed by atoms with van der Waals surface area (Å²) in [6, 6.07) is 3.84. The van der Waals surface area contributed by atoms with Crippen LogP contribution in [0.25, 0.3) is 0 Å². The number of likely N-dealkylation sites (N-methyl/N-ethyl adjacent to an activating group) is 1. The van der Waals surface area contributed by atoms with Crippen molar-refractivity contribution in [3.63, 3.8) is 0 Å². The SMILES string of the molecule is C=C(C)CN(CC)c1ccc(C=O)s1. The number of anilines is 1. The Labute approximate surface area is 88.9 Å². The number of hydrogen-bond donors (Lipinski definition) is 0. The topological polar surface area (TPSA) is 20.3 Å². The summed E-state index contributed by atoms with van der Waals surface area (Å²) >= 11 is 1.52. The Morgan fingerprint density at radius 1 is 1.64 bits per heavy atom. The molecule has 1 aromatic rings. The van der Waals surface area contributed by atoms with Gasteiger partial charge in [-0.25, -0.2) is 0 Å². The van der Waals surface area contributed by atoms with E-state index < -0.39 is 0 Å². The highest BCUT2D eigenvalue weighted by Gasteiger charge is 2.06. The zero-order valence-electron chi connectivity index (χ0n) is 8.62. The van der Waals surface area contributed by atoms with Crippen molar-refractivity contribution in [1.29, 1.82) is 0 Å². The van der Waals surface area contributed by atoms with Gasteiger partial charge in [0.15, 0.2) is 6.29 Å². The van der Waals surface area contributed by atoms with Crippen LogP contribution in [0.1, 0.15) is 23.5 Å². The van der Waals surface area contributed by atoms with Crippen molar-refractivity contribution in [2.24, 2.45) is 0 Å². The summed E-state index contributed by atoms with van der Waals surface area (Å²) in [6.45, 7) is 9.79. The number of carbonyl (C=O) groups is 1. The number of aldehydes is 1. The van der Waals surface area contributed by atoms with Gasteiger partial charge >= 0.3 is 0 Å². The smallest absolute Gasteiger partial charge is 0.160 e. The van der Waals surface area contributed by atoms with Gasteiger partial charge in [0.1, 0.15) is 0 Å². The molecule has 0 amide bonds. The fourth-order valence-corrected chi connectivity index (χ4v) is 2.13. The van der Waals surface area contributed by atoms with E-state index in [1.807, 2.05) is 19.1 Å². The lowest BCUT2D eigenvalue weighted by Gasteiger charge is -2.20. The average Bonchev–Trinajstić information content (AvgIpc) is 2.62. The molecule has 1 rings (SSSR count). The summed E-state index contributed by atoms with van der Waals surface area (Å²) in [6.07, 6.45) is 0.892. The second-order valence-electron chi connectivity index (χ2n) is 3.27. The van der Waals surface area contributed by atoms with E-state index in [9.17, 15) is 4.79 Å². The van der Waals surface area contributed by atoms with Crippen LogP contribution < -0.4 is 4.90 Å². The predicted octanol–water partition coefficient (Wildman–Crippen LogP) is 2.96. The third-order valence-corrected chi connectivity index (χ3v) is 2.95. The van der Waals surface area contributed by atoms with E-state index in [0.29, 0.717) is 0 Å². The van der Waals surface area contributed by atoms with Gasteiger partial charge in [-0.05, 0) is 26.0 Å². The van der Waals surface area contributed by atoms with Gasteiger partial charge in [0.25, 0.3) is 0 Å². The van der Waals surface area contributed by atoms with Gasteiger partial charge in [0.05, 0.1) is 9.88 Å². The van der Waals surface area contributed by atoms with Crippen molar-refractivity contribution in [2.75, 3.05) is 18.0 Å². The summed E-state index contributed by atoms with van der Waals surface area (Å²) in [5.74, 6) is 0. The van der Waals surface area contributed by atoms with Gasteiger partial charge in [-0.2, -0.15) is 0 Å². The third kappa shape index (κ3) is 2.70. The molecule has 0 unspecified atom stereocenters. The lowest BCUT2D eigenvalue weighted by molar-refractivity contribution is 0.112. The highest BCUT2D eigenvalue weighted by atomic mass is 32.1. The first-order valence-corrected chi connectivity index (χ1v) is 5.43. The molecule has 0 saturated carbocycles. The van der Waals surface area contributed by atoms with Gasteiger partial charge in [0.2, 0.25) is 0 Å². The second kappa shape index (κ2) is 4.96. The van der Waals surface area contributed by atoms with E-state index in [2.05, 4.69) is 18.4 Å². The highest BCUT2D eigenvalue weighted by molar-refractivity contribution is 7.17. The minimum Gasteiger partial charge on any atom is -0.360 e. The zero-order chi connectivity index (χ0) is 10.6. The number of carbonyl (C=O) groups excluding carboxylic acids is 1. The molecule has 0 aliphatic heterocycles. The van der Waals surface area contributed by atoms with Crippen molar-refractivity contribution in [3.05, 3.63) is 29.2 Å². The highest BCUT2D eigenvalue weighted by Crippen LogP contribution is 2.25. The summed E-state index contributed by atoms with van der Waals surface area (Å²) in [5.41, 5.74) is 1.13. The van der Waals surface area contributed by atoms with Gasteiger partial charge in [-0.1, -0.05) is 12.2 Å². The van der Waals surface area contributed by atoms with Crippen LogP contribution in [0.2, 0.25) is 0 Å². The summed E-state index contributed by atoms with van der Waals surface area (Å²) in [7, 11) is 0. The summed E-state index contributed by atoms with van der Waals surface area (Å²) in [4.78, 5) is 13.5. The van der Waals surface area contributed by atoms with Gasteiger partial charge in [0, 0.05) is 13.1 Å². The van der Waals surface area contributed by atoms with Gasteiger partial charge in [-0.15, -0.1) is 11.3 Å². The van der Waals surface area contributed by atoms with Crippen molar-refractivity contribution in [1.82, 2.24) is 0 Å². The molecule has 76 valence electrons. The maximum atomic E-state index is 10.5. The van der Waals surface area contributed by atoms with Crippen LogP contribution in [-0.4, -0.2) is 19.4 Å². The molecule has 0 saturated heterocycles. The van der Waals surface area contributed by atoms with E-state index in [1.165, 1.54) is 11.3 Å². The molecule has 1 aromatic heterocycles. The Kier molecular flexibility index (Phi) is 3.89. The van der Waals surface area contributed by atoms with Crippen LogP contribution in [0.3, 0.4) is 0 Å². The van der Waals surface area contributed by atoms with E-state index >= 15 is 0 Å². The average molecular weight is 209 g/mol. The number of nitrogens with zero attached hydrogens (tertiary/aromatic N) is 1. The molecule has 0 spiro atoms. The van der Waals surface area contributed by atoms with Crippen molar-refractivity contribution < 1.29 is 4.79 Å². The monoisotopic (exact) mass is 209 g/mol. The fourth-order valence-electron chi connectivity index (χ4n) is 1.25. The standard InChI is InChI=1S/C11H15NOS/c1-4-12(7-9(2)3)11-6-5-10(8-13)14-11/h5-6,8H,2,4,7H2,1,3H3. The maximum Gasteiger partial charge on any atom is 0.160 e. The Bertz CT molecular complexity index is 330. The van der Waals surface area contributed by atoms with Crippen molar-refractivity contribution >= 4 is 22.6 Å². The molecular formula is C11H15NOS. The largest absolute Gasteiger partial charge is 0.360 e. The van der Waals surface area contributed by atoms with Gasteiger partial charge < -0.3 is 4.90 Å². The Hall–Kier alpha value is -1.09. The number of rotatable bonds is 5. The van der Waals surface area contributed by atoms with E-state index in [-0.39, 0.29) is 0 Å². The Morgan fingerprint density at radius 2 is 2.36 bits per heavy atom. The van der Waals surface area contributed by atoms with Crippen molar-refractivity contribution in [2.45, 2.75) is 13.8 Å². The van der Waals surface area contributed by atoms with Crippen LogP contribution in [0, 0.1) is 0 Å². The summed E-state index contributed by atoms with van der Waals surface area (Å²) < 4.78 is 0. The molecule has 0 aromatic carbocycles. The normalized spacial score (nSPS) is 9.86. The first-order valence-electron chi connectivity index (χ1n) is 4.61. The molecule has 2 nitrogen and oxygen atoms in total. The molecule has 14 heavy (non-hydrogen) atoms.